The van der Waals surface area contributed by atoms with Crippen LogP contribution in [0.25, 0.3) is 0 Å². The van der Waals surface area contributed by atoms with E-state index in [1.165, 1.54) is 67.6 Å². The molecule has 0 saturated carbocycles. The van der Waals surface area contributed by atoms with Crippen LogP contribution in [-0.4, -0.2) is 31.1 Å². The van der Waals surface area contributed by atoms with Gasteiger partial charge in [-0.1, -0.05) is 69.7 Å². The van der Waals surface area contributed by atoms with Gasteiger partial charge in [-0.25, -0.2) is 9.00 Å². The highest BCUT2D eigenvalue weighted by Crippen LogP contribution is 2.82. The number of ether oxygens (including phenoxy) is 1. The third-order valence-corrected chi connectivity index (χ3v) is 15.2. The fourth-order valence-electron chi connectivity index (χ4n) is 3.44. The molecule has 0 aliphatic rings. The maximum absolute atomic E-state index is 15.8. The van der Waals surface area contributed by atoms with Gasteiger partial charge in [0.1, 0.15) is 0 Å². The molecule has 0 bridgehead atoms. The van der Waals surface area contributed by atoms with Gasteiger partial charge in [0.05, 0.1) is 0 Å². The molecule has 0 atom stereocenters. The number of halogens is 2. The van der Waals surface area contributed by atoms with Crippen molar-refractivity contribution in [2.24, 2.45) is 0 Å². The van der Waals surface area contributed by atoms with Gasteiger partial charge in [0.15, 0.2) is 15.3 Å². The van der Waals surface area contributed by atoms with Crippen LogP contribution in [0.5, 0.6) is 0 Å². The number of carbonyl (C=O) groups is 1. The lowest BCUT2D eigenvalue weighted by atomic mass is 10.2. The number of benzene rings is 3. The van der Waals surface area contributed by atoms with E-state index < -0.39 is 35.6 Å². The summed E-state index contributed by atoms with van der Waals surface area (Å²) in [6, 6.07) is 21.3. The second-order valence-corrected chi connectivity index (χ2v) is 15.8. The highest BCUT2D eigenvalue weighted by atomic mass is 33.2. The topological polar surface area (TPSA) is 83.8 Å². The largest absolute Gasteiger partial charge is 0.455 e. The lowest BCUT2D eigenvalue weighted by Crippen LogP contribution is -2.55. The summed E-state index contributed by atoms with van der Waals surface area (Å²) in [5, 5.41) is -4.74. The minimum atomic E-state index is -7.04. The molecule has 0 radical (unpaired) electrons. The van der Waals surface area contributed by atoms with Crippen molar-refractivity contribution in [2.75, 3.05) is 6.61 Å². The Bertz CT molecular complexity index is 1210. The van der Waals surface area contributed by atoms with E-state index in [-0.39, 0.29) is 20.3 Å². The average Bonchev–Trinajstić information content (AvgIpc) is 2.80. The number of hydrogen-bond donors (Lipinski definition) is 2. The summed E-state index contributed by atoms with van der Waals surface area (Å²) in [4.78, 5) is 11.9. The summed E-state index contributed by atoms with van der Waals surface area (Å²) < 4.78 is 73.4. The van der Waals surface area contributed by atoms with E-state index in [2.05, 4.69) is 11.3 Å². The van der Waals surface area contributed by atoms with Crippen molar-refractivity contribution >= 4 is 23.7 Å². The lowest BCUT2D eigenvalue weighted by molar-refractivity contribution is -0.145. The Morgan fingerprint density at radius 3 is 1.74 bits per heavy atom. The Labute approximate surface area is 198 Å². The third kappa shape index (κ3) is 4.09. The molecule has 0 aliphatic heterocycles. The minimum Gasteiger partial charge on any atom is -0.455 e. The Balaban J connectivity index is 2.43. The van der Waals surface area contributed by atoms with Gasteiger partial charge in [-0.15, -0.1) is 0 Å². The zero-order valence-corrected chi connectivity index (χ0v) is 20.3. The SMILES string of the molecule is C=C(C)C(=O)OCC(F)(F)S(=O)(O)(O)S(c1ccccc1)(c1ccccc1)c1ccc(C)cc1. The van der Waals surface area contributed by atoms with Crippen molar-refractivity contribution in [3.05, 3.63) is 103 Å². The van der Waals surface area contributed by atoms with Gasteiger partial charge in [-0.3, -0.25) is 9.11 Å². The average molecular weight is 509 g/mol. The normalized spacial score (nSPS) is 14.0. The Morgan fingerprint density at radius 2 is 1.32 bits per heavy atom. The van der Waals surface area contributed by atoms with Gasteiger partial charge in [-0.05, 0) is 50.2 Å². The first kappa shape index (κ1) is 25.8. The van der Waals surface area contributed by atoms with Gasteiger partial charge < -0.3 is 4.74 Å². The molecule has 3 aromatic rings. The van der Waals surface area contributed by atoms with Crippen LogP contribution in [0.2, 0.25) is 0 Å². The number of hydrogen-bond acceptors (Lipinski definition) is 3. The smallest absolute Gasteiger partial charge is 0.383 e. The molecule has 0 saturated heterocycles. The van der Waals surface area contributed by atoms with Gasteiger partial charge in [0.2, 0.25) is 0 Å². The molecule has 2 N–H and O–H groups in total. The fourth-order valence-corrected chi connectivity index (χ4v) is 12.9. The van der Waals surface area contributed by atoms with E-state index >= 15 is 8.78 Å². The van der Waals surface area contributed by atoms with Crippen LogP contribution >= 0.6 is 9.06 Å². The molecule has 0 unspecified atom stereocenters. The number of esters is 1. The summed E-state index contributed by atoms with van der Waals surface area (Å²) in [5.41, 5.74) is 0.623. The molecular formula is C25H26F2O5S2. The summed E-state index contributed by atoms with van der Waals surface area (Å²) >= 11 is 0. The first-order chi connectivity index (χ1) is 15.8. The summed E-state index contributed by atoms with van der Waals surface area (Å²) in [7, 11) is -11.0. The molecule has 0 aromatic heterocycles. The molecule has 0 aliphatic carbocycles. The van der Waals surface area contributed by atoms with E-state index in [9.17, 15) is 18.1 Å². The van der Waals surface area contributed by atoms with Gasteiger partial charge in [-0.2, -0.15) is 8.78 Å². The number of rotatable bonds is 8. The Morgan fingerprint density at radius 1 is 0.912 bits per heavy atom. The predicted molar refractivity (Wildman–Crippen MR) is 131 cm³/mol. The van der Waals surface area contributed by atoms with Gasteiger partial charge >= 0.3 is 11.2 Å². The molecule has 3 aromatic carbocycles. The maximum atomic E-state index is 15.8. The lowest BCUT2D eigenvalue weighted by Gasteiger charge is -2.56. The van der Waals surface area contributed by atoms with Crippen molar-refractivity contribution in [1.29, 1.82) is 0 Å². The highest BCUT2D eigenvalue weighted by molar-refractivity contribution is 8.97. The second-order valence-electron chi connectivity index (χ2n) is 7.79. The fraction of sp³-hybridized carbons (Fsp3) is 0.160. The molecule has 3 rings (SSSR count). The van der Waals surface area contributed by atoms with Crippen molar-refractivity contribution in [2.45, 2.75) is 33.8 Å². The van der Waals surface area contributed by atoms with Crippen LogP contribution in [0.4, 0.5) is 8.78 Å². The molecule has 9 heteroatoms. The summed E-state index contributed by atoms with van der Waals surface area (Å²) in [5.74, 6) is -1.17. The molecule has 0 spiro atoms. The minimum absolute atomic E-state index is 0.0398. The van der Waals surface area contributed by atoms with Crippen molar-refractivity contribution in [1.82, 2.24) is 0 Å². The summed E-state index contributed by atoms with van der Waals surface area (Å²) in [6.07, 6.45) is 0. The van der Waals surface area contributed by atoms with Crippen LogP contribution in [-0.2, 0) is 18.2 Å². The molecule has 34 heavy (non-hydrogen) atoms. The predicted octanol–water partition coefficient (Wildman–Crippen LogP) is 6.67. The van der Waals surface area contributed by atoms with E-state index in [1.807, 2.05) is 0 Å². The number of alkyl halides is 2. The van der Waals surface area contributed by atoms with E-state index in [0.29, 0.717) is 0 Å². The van der Waals surface area contributed by atoms with Crippen molar-refractivity contribution in [3.8, 4) is 0 Å². The van der Waals surface area contributed by atoms with Crippen LogP contribution in [0.15, 0.2) is 112 Å². The van der Waals surface area contributed by atoms with Crippen LogP contribution in [0.1, 0.15) is 12.5 Å². The second kappa shape index (κ2) is 9.07. The summed E-state index contributed by atoms with van der Waals surface area (Å²) in [6.45, 7) is 4.55. The maximum Gasteiger partial charge on any atom is 0.383 e. The quantitative estimate of drug-likeness (QED) is 0.202. The van der Waals surface area contributed by atoms with E-state index in [4.69, 9.17) is 0 Å². The molecule has 0 amide bonds. The van der Waals surface area contributed by atoms with Crippen LogP contribution in [0.3, 0.4) is 0 Å². The zero-order chi connectivity index (χ0) is 25.2. The number of aryl methyl sites for hydroxylation is 1. The van der Waals surface area contributed by atoms with Crippen molar-refractivity contribution in [3.63, 3.8) is 0 Å². The standard InChI is InChI=1S/C25H26F2O5S2/c1-19(2)24(28)32-18-25(26,27)34(29,30,31)33(21-10-6-4-7-11-21,22-12-8-5-9-13-22)23-16-14-20(3)15-17-23/h4-17H,1,18H2,2-3H3,(H2,29,30,31). The highest BCUT2D eigenvalue weighted by Gasteiger charge is 2.69. The Kier molecular flexibility index (Phi) is 6.87. The van der Waals surface area contributed by atoms with E-state index in [1.54, 1.807) is 31.2 Å². The molecule has 182 valence electrons. The number of carbonyl (C=O) groups excluding carboxylic acids is 1. The molecular weight excluding hydrogens is 482 g/mol. The van der Waals surface area contributed by atoms with E-state index in [0.717, 1.165) is 5.56 Å². The Hall–Kier alpha value is -2.85. The zero-order valence-electron chi connectivity index (χ0n) is 18.7. The third-order valence-electron chi connectivity index (χ3n) is 5.18. The molecule has 0 heterocycles. The van der Waals surface area contributed by atoms with Crippen LogP contribution < -0.4 is 0 Å². The van der Waals surface area contributed by atoms with Gasteiger partial charge in [0.25, 0.3) is 0 Å². The van der Waals surface area contributed by atoms with Gasteiger partial charge in [0, 0.05) is 20.3 Å². The van der Waals surface area contributed by atoms with Crippen molar-refractivity contribution < 1.29 is 31.6 Å². The molecule has 0 fully saturated rings. The molecule has 5 nitrogen and oxygen atoms in total. The monoisotopic (exact) mass is 508 g/mol. The van der Waals surface area contributed by atoms with Crippen LogP contribution in [0, 0.1) is 6.92 Å². The first-order valence-corrected chi connectivity index (χ1v) is 14.2. The first-order valence-electron chi connectivity index (χ1n) is 10.2.